The highest BCUT2D eigenvalue weighted by atomic mass is 32.2. The van der Waals surface area contributed by atoms with E-state index in [2.05, 4.69) is 18.7 Å². The van der Waals surface area contributed by atoms with Crippen molar-refractivity contribution in [2.24, 2.45) is 0 Å². The normalized spacial score (nSPS) is 23.1. The molecule has 3 atom stereocenters. The fraction of sp³-hybridized carbons (Fsp3) is 0.480. The van der Waals surface area contributed by atoms with Crippen molar-refractivity contribution in [3.63, 3.8) is 0 Å². The van der Waals surface area contributed by atoms with Crippen molar-refractivity contribution in [2.75, 3.05) is 12.3 Å². The molecule has 3 unspecified atom stereocenters. The number of amides is 1. The van der Waals surface area contributed by atoms with E-state index in [0.29, 0.717) is 17.5 Å². The number of benzene rings is 2. The zero-order valence-corrected chi connectivity index (χ0v) is 19.7. The molecule has 1 amide bonds. The fourth-order valence-electron chi connectivity index (χ4n) is 4.77. The number of carbonyl (C=O) groups excluding carboxylic acids is 1. The lowest BCUT2D eigenvalue weighted by atomic mass is 10.0. The second-order valence-corrected chi connectivity index (χ2v) is 9.70. The predicted octanol–water partition coefficient (Wildman–Crippen LogP) is 6.68. The summed E-state index contributed by atoms with van der Waals surface area (Å²) in [5.41, 5.74) is 0.166. The molecule has 2 aromatic carbocycles. The largest absolute Gasteiger partial charge is 0.457 e. The maximum atomic E-state index is 13.0. The molecule has 0 aromatic heterocycles. The third-order valence-electron chi connectivity index (χ3n) is 6.37. The minimum Gasteiger partial charge on any atom is -0.457 e. The summed E-state index contributed by atoms with van der Waals surface area (Å²) in [4.78, 5) is 17.4. The van der Waals surface area contributed by atoms with E-state index in [-0.39, 0.29) is 23.2 Å². The summed E-state index contributed by atoms with van der Waals surface area (Å²) >= 11 is 1.59. The summed E-state index contributed by atoms with van der Waals surface area (Å²) < 4.78 is 44.9. The van der Waals surface area contributed by atoms with Gasteiger partial charge < -0.3 is 9.64 Å². The van der Waals surface area contributed by atoms with E-state index in [1.54, 1.807) is 17.8 Å². The lowest BCUT2D eigenvalue weighted by Crippen LogP contribution is -2.54. The van der Waals surface area contributed by atoms with Gasteiger partial charge in [-0.1, -0.05) is 31.5 Å². The van der Waals surface area contributed by atoms with E-state index in [4.69, 9.17) is 4.74 Å². The highest BCUT2D eigenvalue weighted by Gasteiger charge is 2.41. The van der Waals surface area contributed by atoms with E-state index in [1.807, 2.05) is 23.1 Å². The first kappa shape index (κ1) is 24.0. The second kappa shape index (κ2) is 9.97. The molecule has 2 fully saturated rings. The van der Waals surface area contributed by atoms with Crippen molar-refractivity contribution >= 4 is 17.7 Å². The van der Waals surface area contributed by atoms with Crippen LogP contribution in [0.3, 0.4) is 0 Å². The van der Waals surface area contributed by atoms with Gasteiger partial charge in [0.2, 0.25) is 5.91 Å². The Kier molecular flexibility index (Phi) is 7.24. The zero-order chi connectivity index (χ0) is 23.6. The van der Waals surface area contributed by atoms with Gasteiger partial charge in [0.05, 0.1) is 17.5 Å². The van der Waals surface area contributed by atoms with Crippen LogP contribution in [0.1, 0.15) is 56.0 Å². The number of hydrogen-bond donors (Lipinski definition) is 0. The quantitative estimate of drug-likeness (QED) is 0.464. The van der Waals surface area contributed by atoms with Crippen LogP contribution in [0, 0.1) is 0 Å². The molecule has 33 heavy (non-hydrogen) atoms. The molecule has 2 aliphatic heterocycles. The Morgan fingerprint density at radius 3 is 2.55 bits per heavy atom. The molecule has 2 heterocycles. The van der Waals surface area contributed by atoms with Gasteiger partial charge in [0.25, 0.3) is 0 Å². The van der Waals surface area contributed by atoms with Gasteiger partial charge in [-0.3, -0.25) is 9.69 Å². The van der Waals surface area contributed by atoms with Crippen LogP contribution in [-0.2, 0) is 11.0 Å². The van der Waals surface area contributed by atoms with E-state index >= 15 is 0 Å². The maximum absolute atomic E-state index is 13.0. The highest BCUT2D eigenvalue weighted by molar-refractivity contribution is 8.00. The SMILES string of the molecule is CCC(N1CCCCC1C)N1C(=O)CSC1c1cccc(Oc2cccc(C(F)(F)F)c2)c1. The van der Waals surface area contributed by atoms with E-state index in [1.165, 1.54) is 18.6 Å². The molecule has 0 aliphatic carbocycles. The second-order valence-electron chi connectivity index (χ2n) is 8.64. The predicted molar refractivity (Wildman–Crippen MR) is 124 cm³/mol. The molecule has 0 spiro atoms. The molecule has 4 nitrogen and oxygen atoms in total. The molecule has 8 heteroatoms. The van der Waals surface area contributed by atoms with Crippen molar-refractivity contribution in [3.05, 3.63) is 59.7 Å². The van der Waals surface area contributed by atoms with Gasteiger partial charge in [-0.05, 0) is 62.1 Å². The smallest absolute Gasteiger partial charge is 0.416 e. The Morgan fingerprint density at radius 2 is 1.85 bits per heavy atom. The van der Waals surface area contributed by atoms with Crippen LogP contribution in [0.25, 0.3) is 0 Å². The number of rotatable bonds is 6. The van der Waals surface area contributed by atoms with Gasteiger partial charge in [-0.15, -0.1) is 11.8 Å². The van der Waals surface area contributed by atoms with Crippen LogP contribution in [0.4, 0.5) is 13.2 Å². The van der Waals surface area contributed by atoms with Crippen LogP contribution in [0.15, 0.2) is 48.5 Å². The third kappa shape index (κ3) is 5.32. The summed E-state index contributed by atoms with van der Waals surface area (Å²) in [6, 6.07) is 12.6. The van der Waals surface area contributed by atoms with Crippen molar-refractivity contribution in [1.82, 2.24) is 9.80 Å². The lowest BCUT2D eigenvalue weighted by Gasteiger charge is -2.45. The van der Waals surface area contributed by atoms with Gasteiger partial charge in [0.15, 0.2) is 0 Å². The van der Waals surface area contributed by atoms with Crippen LogP contribution in [-0.4, -0.2) is 40.2 Å². The average Bonchev–Trinajstić information content (AvgIpc) is 3.17. The van der Waals surface area contributed by atoms with Gasteiger partial charge in [0.1, 0.15) is 16.9 Å². The average molecular weight is 479 g/mol. The first-order valence-electron chi connectivity index (χ1n) is 11.4. The van der Waals surface area contributed by atoms with Gasteiger partial charge in [-0.2, -0.15) is 13.2 Å². The Hall–Kier alpha value is -2.19. The zero-order valence-electron chi connectivity index (χ0n) is 18.8. The summed E-state index contributed by atoms with van der Waals surface area (Å²) in [6.45, 7) is 5.33. The Balaban J connectivity index is 1.57. The van der Waals surface area contributed by atoms with Gasteiger partial charge >= 0.3 is 6.18 Å². The molecule has 2 saturated heterocycles. The van der Waals surface area contributed by atoms with Crippen molar-refractivity contribution in [3.8, 4) is 11.5 Å². The number of alkyl halides is 3. The van der Waals surface area contributed by atoms with Crippen LogP contribution in [0.5, 0.6) is 11.5 Å². The molecule has 2 aliphatic rings. The topological polar surface area (TPSA) is 32.8 Å². The number of ether oxygens (including phenoxy) is 1. The molecule has 2 aromatic rings. The number of piperidine rings is 1. The number of hydrogen-bond acceptors (Lipinski definition) is 4. The molecule has 0 bridgehead atoms. The highest BCUT2D eigenvalue weighted by Crippen LogP contribution is 2.43. The summed E-state index contributed by atoms with van der Waals surface area (Å²) in [6.07, 6.45) is -0.0650. The van der Waals surface area contributed by atoms with Crippen molar-refractivity contribution in [2.45, 2.75) is 63.3 Å². The first-order valence-corrected chi connectivity index (χ1v) is 12.5. The molecular formula is C25H29F3N2O2S. The van der Waals surface area contributed by atoms with Crippen LogP contribution in [0.2, 0.25) is 0 Å². The number of carbonyl (C=O) groups is 1. The molecular weight excluding hydrogens is 449 g/mol. The standard InChI is InChI=1S/C25H29F3N2O2S/c1-3-22(29-13-5-4-8-17(29)2)30-23(31)16-33-24(30)18-9-6-11-20(14-18)32-21-12-7-10-19(15-21)25(26,27)28/h6-7,9-12,14-15,17,22,24H,3-5,8,13,16H2,1-2H3. The van der Waals surface area contributed by atoms with Gasteiger partial charge in [0, 0.05) is 12.6 Å². The summed E-state index contributed by atoms with van der Waals surface area (Å²) in [5, 5.41) is -0.151. The Labute approximate surface area is 197 Å². The molecule has 4 rings (SSSR count). The number of halogens is 3. The number of likely N-dealkylation sites (tertiary alicyclic amines) is 1. The Morgan fingerprint density at radius 1 is 1.12 bits per heavy atom. The van der Waals surface area contributed by atoms with E-state index in [9.17, 15) is 18.0 Å². The maximum Gasteiger partial charge on any atom is 0.416 e. The van der Waals surface area contributed by atoms with Crippen molar-refractivity contribution < 1.29 is 22.7 Å². The van der Waals surface area contributed by atoms with Crippen molar-refractivity contribution in [1.29, 1.82) is 0 Å². The minimum absolute atomic E-state index is 0.0286. The summed E-state index contributed by atoms with van der Waals surface area (Å²) in [5.74, 6) is 1.12. The number of nitrogens with zero attached hydrogens (tertiary/aromatic N) is 2. The molecule has 0 N–H and O–H groups in total. The molecule has 0 saturated carbocycles. The van der Waals surface area contributed by atoms with E-state index < -0.39 is 11.7 Å². The fourth-order valence-corrected chi connectivity index (χ4v) is 5.98. The minimum atomic E-state index is -4.43. The van der Waals surface area contributed by atoms with Gasteiger partial charge in [-0.25, -0.2) is 0 Å². The molecule has 178 valence electrons. The third-order valence-corrected chi connectivity index (χ3v) is 7.60. The van der Waals surface area contributed by atoms with Crippen LogP contribution < -0.4 is 4.74 Å². The summed E-state index contributed by atoms with van der Waals surface area (Å²) in [7, 11) is 0. The number of thioether (sulfide) groups is 1. The lowest BCUT2D eigenvalue weighted by molar-refractivity contribution is -0.138. The van der Waals surface area contributed by atoms with Crippen LogP contribution >= 0.6 is 11.8 Å². The molecule has 0 radical (unpaired) electrons. The van der Waals surface area contributed by atoms with E-state index in [0.717, 1.165) is 43.5 Å². The monoisotopic (exact) mass is 478 g/mol. The first-order chi connectivity index (χ1) is 15.8. The Bertz CT molecular complexity index is 984.